The van der Waals surface area contributed by atoms with E-state index in [-0.39, 0.29) is 41.1 Å². The molecule has 0 aromatic heterocycles. The molecule has 3 aromatic rings. The van der Waals surface area contributed by atoms with Gasteiger partial charge in [0.05, 0.1) is 27.4 Å². The van der Waals surface area contributed by atoms with Gasteiger partial charge in [0.15, 0.2) is 0 Å². The third-order valence-electron chi connectivity index (χ3n) is 6.66. The van der Waals surface area contributed by atoms with Crippen LogP contribution >= 0.6 is 0 Å². The highest BCUT2D eigenvalue weighted by atomic mass is 16.5. The molecule has 5 N–H and O–H groups in total. The normalized spacial score (nSPS) is 18.6. The number of ether oxygens (including phenoxy) is 4. The molecule has 9 heteroatoms. The minimum atomic E-state index is -0.508. The minimum absolute atomic E-state index is 0.0814. The SMILES string of the molecule is COc1cc(O)cc(O)c1C1CCOc2c1c(O)cc(OC)c2C1CCOc2cc(O)cc(O)c21. The number of rotatable bonds is 4. The molecule has 3 aromatic carbocycles. The summed E-state index contributed by atoms with van der Waals surface area (Å²) < 4.78 is 22.9. The van der Waals surface area contributed by atoms with Crippen LogP contribution in [-0.2, 0) is 0 Å². The first-order valence-corrected chi connectivity index (χ1v) is 11.2. The van der Waals surface area contributed by atoms with E-state index in [2.05, 4.69) is 0 Å². The molecule has 2 aliphatic rings. The molecule has 0 aliphatic carbocycles. The summed E-state index contributed by atoms with van der Waals surface area (Å²) in [6, 6.07) is 6.83. The summed E-state index contributed by atoms with van der Waals surface area (Å²) in [5.41, 5.74) is 1.96. The second-order valence-electron chi connectivity index (χ2n) is 8.59. The molecule has 184 valence electrons. The van der Waals surface area contributed by atoms with Gasteiger partial charge in [-0.15, -0.1) is 0 Å². The van der Waals surface area contributed by atoms with E-state index in [1.54, 1.807) is 0 Å². The van der Waals surface area contributed by atoms with Gasteiger partial charge in [-0.3, -0.25) is 0 Å². The highest BCUT2D eigenvalue weighted by molar-refractivity contribution is 5.68. The van der Waals surface area contributed by atoms with Crippen molar-refractivity contribution in [2.45, 2.75) is 24.7 Å². The van der Waals surface area contributed by atoms with Crippen LogP contribution in [0.25, 0.3) is 0 Å². The standard InChI is InChI=1S/C26H26O9/c1-32-19-9-12(27)7-16(29)22(19)14-4-6-35-26-24(14)18(31)11-20(33-2)25(26)15-3-5-34-21-10-13(28)8-17(30)23(15)21/h7-11,14-15,27-31H,3-6H2,1-2H3. The van der Waals surface area contributed by atoms with Crippen LogP contribution in [-0.4, -0.2) is 53.0 Å². The Balaban J connectivity index is 1.75. The highest BCUT2D eigenvalue weighted by Gasteiger charge is 2.38. The number of fused-ring (bicyclic) bond motifs is 2. The Morgan fingerprint density at radius 3 is 1.86 bits per heavy atom. The molecular formula is C26H26O9. The molecule has 0 bridgehead atoms. The molecule has 0 saturated heterocycles. The van der Waals surface area contributed by atoms with Crippen molar-refractivity contribution in [3.05, 3.63) is 52.6 Å². The van der Waals surface area contributed by atoms with Crippen LogP contribution in [0.4, 0.5) is 0 Å². The molecular weight excluding hydrogens is 456 g/mol. The van der Waals surface area contributed by atoms with Crippen molar-refractivity contribution in [1.29, 1.82) is 0 Å². The van der Waals surface area contributed by atoms with Crippen molar-refractivity contribution in [1.82, 2.24) is 0 Å². The van der Waals surface area contributed by atoms with Gasteiger partial charge in [0.1, 0.15) is 51.7 Å². The van der Waals surface area contributed by atoms with Crippen LogP contribution in [0.1, 0.15) is 46.9 Å². The quantitative estimate of drug-likeness (QED) is 0.373. The van der Waals surface area contributed by atoms with E-state index in [1.165, 1.54) is 44.6 Å². The molecule has 0 radical (unpaired) electrons. The first-order valence-electron chi connectivity index (χ1n) is 11.2. The number of benzene rings is 3. The van der Waals surface area contributed by atoms with E-state index < -0.39 is 11.8 Å². The molecule has 9 nitrogen and oxygen atoms in total. The molecule has 0 saturated carbocycles. The Bertz CT molecular complexity index is 1300. The summed E-state index contributed by atoms with van der Waals surface area (Å²) in [5.74, 6) is -0.173. The second-order valence-corrected chi connectivity index (χ2v) is 8.59. The van der Waals surface area contributed by atoms with Crippen LogP contribution in [0, 0.1) is 0 Å². The molecule has 5 rings (SSSR count). The van der Waals surface area contributed by atoms with E-state index in [9.17, 15) is 25.5 Å². The first kappa shape index (κ1) is 22.6. The van der Waals surface area contributed by atoms with E-state index >= 15 is 0 Å². The maximum atomic E-state index is 11.1. The molecule has 2 heterocycles. The van der Waals surface area contributed by atoms with Crippen molar-refractivity contribution >= 4 is 0 Å². The average Bonchev–Trinajstić information content (AvgIpc) is 2.82. The van der Waals surface area contributed by atoms with Gasteiger partial charge < -0.3 is 44.5 Å². The lowest BCUT2D eigenvalue weighted by Crippen LogP contribution is -2.21. The summed E-state index contributed by atoms with van der Waals surface area (Å²) in [6.07, 6.45) is 0.922. The van der Waals surface area contributed by atoms with Crippen LogP contribution in [0.2, 0.25) is 0 Å². The predicted octanol–water partition coefficient (Wildman–Crippen LogP) is 4.06. The van der Waals surface area contributed by atoms with E-state index in [1.807, 2.05) is 0 Å². The van der Waals surface area contributed by atoms with Crippen molar-refractivity contribution in [3.8, 4) is 51.7 Å². The number of hydrogen-bond acceptors (Lipinski definition) is 9. The van der Waals surface area contributed by atoms with E-state index in [0.717, 1.165) is 0 Å². The van der Waals surface area contributed by atoms with Gasteiger partial charge in [-0.25, -0.2) is 0 Å². The van der Waals surface area contributed by atoms with Crippen molar-refractivity contribution in [3.63, 3.8) is 0 Å². The molecule has 2 unspecified atom stereocenters. The van der Waals surface area contributed by atoms with Crippen molar-refractivity contribution in [2.75, 3.05) is 27.4 Å². The van der Waals surface area contributed by atoms with Gasteiger partial charge in [-0.1, -0.05) is 0 Å². The molecule has 0 amide bonds. The molecule has 35 heavy (non-hydrogen) atoms. The Kier molecular flexibility index (Phi) is 5.55. The van der Waals surface area contributed by atoms with Crippen LogP contribution in [0.5, 0.6) is 51.7 Å². The van der Waals surface area contributed by atoms with Gasteiger partial charge >= 0.3 is 0 Å². The number of hydrogen-bond donors (Lipinski definition) is 5. The fourth-order valence-corrected chi connectivity index (χ4v) is 5.26. The minimum Gasteiger partial charge on any atom is -0.508 e. The van der Waals surface area contributed by atoms with Gasteiger partial charge in [-0.2, -0.15) is 0 Å². The summed E-state index contributed by atoms with van der Waals surface area (Å²) in [5, 5.41) is 52.4. The molecule has 2 atom stereocenters. The third-order valence-corrected chi connectivity index (χ3v) is 6.66. The Hall–Kier alpha value is -4.14. The van der Waals surface area contributed by atoms with Crippen LogP contribution < -0.4 is 18.9 Å². The summed E-state index contributed by atoms with van der Waals surface area (Å²) >= 11 is 0. The first-order chi connectivity index (χ1) is 16.8. The zero-order valence-electron chi connectivity index (χ0n) is 19.2. The zero-order valence-corrected chi connectivity index (χ0v) is 19.2. The zero-order chi connectivity index (χ0) is 24.9. The lowest BCUT2D eigenvalue weighted by atomic mass is 9.79. The summed E-state index contributed by atoms with van der Waals surface area (Å²) in [4.78, 5) is 0. The predicted molar refractivity (Wildman–Crippen MR) is 125 cm³/mol. The largest absolute Gasteiger partial charge is 0.508 e. The smallest absolute Gasteiger partial charge is 0.134 e. The topological polar surface area (TPSA) is 138 Å². The average molecular weight is 482 g/mol. The van der Waals surface area contributed by atoms with Crippen molar-refractivity contribution < 1.29 is 44.5 Å². The summed E-state index contributed by atoms with van der Waals surface area (Å²) in [6.45, 7) is 0.605. The van der Waals surface area contributed by atoms with Crippen LogP contribution in [0.3, 0.4) is 0 Å². The molecule has 2 aliphatic heterocycles. The van der Waals surface area contributed by atoms with Crippen LogP contribution in [0.15, 0.2) is 30.3 Å². The number of phenolic OH excluding ortho intramolecular Hbond substituents is 5. The number of aromatic hydroxyl groups is 5. The number of methoxy groups -OCH3 is 2. The lowest BCUT2D eigenvalue weighted by Gasteiger charge is -2.34. The summed E-state index contributed by atoms with van der Waals surface area (Å²) in [7, 11) is 2.92. The van der Waals surface area contributed by atoms with Gasteiger partial charge in [0, 0.05) is 64.4 Å². The lowest BCUT2D eigenvalue weighted by molar-refractivity contribution is 0.248. The van der Waals surface area contributed by atoms with E-state index in [0.29, 0.717) is 59.0 Å². The number of phenols is 5. The fourth-order valence-electron chi connectivity index (χ4n) is 5.26. The molecule has 0 fully saturated rings. The maximum Gasteiger partial charge on any atom is 0.134 e. The van der Waals surface area contributed by atoms with E-state index in [4.69, 9.17) is 18.9 Å². The van der Waals surface area contributed by atoms with Crippen molar-refractivity contribution in [2.24, 2.45) is 0 Å². The van der Waals surface area contributed by atoms with Gasteiger partial charge in [-0.05, 0) is 12.8 Å². The fraction of sp³-hybridized carbons (Fsp3) is 0.308. The van der Waals surface area contributed by atoms with Gasteiger partial charge in [0.25, 0.3) is 0 Å². The Morgan fingerprint density at radius 1 is 0.629 bits per heavy atom. The Morgan fingerprint density at radius 2 is 1.17 bits per heavy atom. The second kappa shape index (κ2) is 8.57. The van der Waals surface area contributed by atoms with Gasteiger partial charge in [0.2, 0.25) is 0 Å². The third kappa shape index (κ3) is 3.63. The Labute approximate surface area is 201 Å². The monoisotopic (exact) mass is 482 g/mol. The highest BCUT2D eigenvalue weighted by Crippen LogP contribution is 2.57. The molecule has 0 spiro atoms. The maximum absolute atomic E-state index is 11.1.